The van der Waals surface area contributed by atoms with Crippen LogP contribution in [0.5, 0.6) is 0 Å². The fourth-order valence-corrected chi connectivity index (χ4v) is 2.83. The maximum Gasteiger partial charge on any atom is 0.410 e. The van der Waals surface area contributed by atoms with Crippen molar-refractivity contribution in [2.24, 2.45) is 5.92 Å². The van der Waals surface area contributed by atoms with Gasteiger partial charge in [-0.25, -0.2) is 4.79 Å². The lowest BCUT2D eigenvalue weighted by Crippen LogP contribution is -2.46. The summed E-state index contributed by atoms with van der Waals surface area (Å²) >= 11 is 0. The molecule has 0 bridgehead atoms. The second-order valence-corrected chi connectivity index (χ2v) is 7.03. The van der Waals surface area contributed by atoms with Crippen molar-refractivity contribution < 1.29 is 9.53 Å². The number of allylic oxidation sites excluding steroid dienone is 1. The Hall–Kier alpha value is -1.77. The molecule has 1 aromatic carbocycles. The van der Waals surface area contributed by atoms with Crippen molar-refractivity contribution in [2.75, 3.05) is 0 Å². The van der Waals surface area contributed by atoms with E-state index in [0.717, 1.165) is 18.4 Å². The van der Waals surface area contributed by atoms with Crippen molar-refractivity contribution in [2.45, 2.75) is 58.7 Å². The molecule has 0 saturated heterocycles. The van der Waals surface area contributed by atoms with Gasteiger partial charge in [-0.1, -0.05) is 49.4 Å². The Morgan fingerprint density at radius 2 is 1.95 bits per heavy atom. The molecule has 0 saturated carbocycles. The van der Waals surface area contributed by atoms with Crippen LogP contribution in [-0.4, -0.2) is 22.6 Å². The Morgan fingerprint density at radius 1 is 1.27 bits per heavy atom. The number of nitrogens with zero attached hydrogens (tertiary/aromatic N) is 1. The highest BCUT2D eigenvalue weighted by atomic mass is 16.6. The van der Waals surface area contributed by atoms with Crippen LogP contribution in [0.4, 0.5) is 4.79 Å². The number of carbonyl (C=O) groups excluding carboxylic acids is 1. The number of rotatable bonds is 3. The molecule has 3 heteroatoms. The van der Waals surface area contributed by atoms with E-state index in [4.69, 9.17) is 4.74 Å². The van der Waals surface area contributed by atoms with Gasteiger partial charge in [-0.3, -0.25) is 0 Å². The molecule has 1 aliphatic rings. The van der Waals surface area contributed by atoms with E-state index in [1.54, 1.807) is 0 Å². The van der Waals surface area contributed by atoms with Crippen LogP contribution in [0.2, 0.25) is 0 Å². The van der Waals surface area contributed by atoms with E-state index >= 15 is 0 Å². The largest absolute Gasteiger partial charge is 0.444 e. The SMILES string of the molecule is C[C@H]1C=CCC[C@@H]1N(Cc1ccccc1)C(=O)OC(C)(C)C. The summed E-state index contributed by atoms with van der Waals surface area (Å²) in [7, 11) is 0. The maximum absolute atomic E-state index is 12.7. The first kappa shape index (κ1) is 16.6. The van der Waals surface area contributed by atoms with Gasteiger partial charge >= 0.3 is 6.09 Å². The third-order valence-electron chi connectivity index (χ3n) is 3.90. The molecule has 0 N–H and O–H groups in total. The summed E-state index contributed by atoms with van der Waals surface area (Å²) < 4.78 is 5.64. The summed E-state index contributed by atoms with van der Waals surface area (Å²) in [6, 6.07) is 10.3. The van der Waals surface area contributed by atoms with Crippen molar-refractivity contribution in [1.29, 1.82) is 0 Å². The molecule has 1 aliphatic carbocycles. The molecule has 0 heterocycles. The van der Waals surface area contributed by atoms with Crippen molar-refractivity contribution >= 4 is 6.09 Å². The maximum atomic E-state index is 12.7. The molecule has 3 nitrogen and oxygen atoms in total. The zero-order chi connectivity index (χ0) is 16.2. The van der Waals surface area contributed by atoms with Gasteiger partial charge in [0, 0.05) is 12.6 Å². The molecule has 1 aromatic rings. The minimum Gasteiger partial charge on any atom is -0.444 e. The molecular formula is C19H27NO2. The van der Waals surface area contributed by atoms with E-state index in [0.29, 0.717) is 12.5 Å². The first-order valence-electron chi connectivity index (χ1n) is 8.07. The zero-order valence-electron chi connectivity index (χ0n) is 14.1. The Bertz CT molecular complexity index is 516. The highest BCUT2D eigenvalue weighted by molar-refractivity contribution is 5.68. The lowest BCUT2D eigenvalue weighted by Gasteiger charge is -2.37. The number of carbonyl (C=O) groups is 1. The fraction of sp³-hybridized carbons (Fsp3) is 0.526. The average Bonchev–Trinajstić information content (AvgIpc) is 2.45. The third-order valence-corrected chi connectivity index (χ3v) is 3.90. The van der Waals surface area contributed by atoms with Crippen molar-refractivity contribution in [1.82, 2.24) is 4.90 Å². The van der Waals surface area contributed by atoms with Crippen molar-refractivity contribution in [3.63, 3.8) is 0 Å². The van der Waals surface area contributed by atoms with Crippen LogP contribution >= 0.6 is 0 Å². The number of benzene rings is 1. The standard InChI is InChI=1S/C19H27NO2/c1-15-10-8-9-13-17(15)20(18(21)22-19(2,3)4)14-16-11-6-5-7-12-16/h5-8,10-12,15,17H,9,13-14H2,1-4H3/t15-,17-/m0/s1. The number of amides is 1. The molecule has 0 aromatic heterocycles. The Morgan fingerprint density at radius 3 is 2.55 bits per heavy atom. The van der Waals surface area contributed by atoms with Crippen LogP contribution < -0.4 is 0 Å². The van der Waals surface area contributed by atoms with Gasteiger partial charge in [-0.2, -0.15) is 0 Å². The average molecular weight is 301 g/mol. The first-order chi connectivity index (χ1) is 10.4. The number of ether oxygens (including phenoxy) is 1. The van der Waals surface area contributed by atoms with Crippen LogP contribution in [0.1, 0.15) is 46.1 Å². The van der Waals surface area contributed by atoms with Gasteiger partial charge in [0.25, 0.3) is 0 Å². The van der Waals surface area contributed by atoms with Crippen LogP contribution in [0.15, 0.2) is 42.5 Å². The number of hydrogen-bond donors (Lipinski definition) is 0. The summed E-state index contributed by atoms with van der Waals surface area (Å²) in [5, 5.41) is 0. The molecule has 120 valence electrons. The van der Waals surface area contributed by atoms with Gasteiger partial charge in [0.05, 0.1) is 0 Å². The molecular weight excluding hydrogens is 274 g/mol. The van der Waals surface area contributed by atoms with E-state index in [-0.39, 0.29) is 12.1 Å². The first-order valence-corrected chi connectivity index (χ1v) is 8.07. The molecule has 0 aliphatic heterocycles. The molecule has 0 spiro atoms. The van der Waals surface area contributed by atoms with Gasteiger partial charge < -0.3 is 9.64 Å². The van der Waals surface area contributed by atoms with E-state index in [9.17, 15) is 4.79 Å². The van der Waals surface area contributed by atoms with Gasteiger partial charge in [-0.15, -0.1) is 0 Å². The van der Waals surface area contributed by atoms with Crippen LogP contribution in [0, 0.1) is 5.92 Å². The lowest BCUT2D eigenvalue weighted by molar-refractivity contribution is 0.00852. The molecule has 2 rings (SSSR count). The van der Waals surface area contributed by atoms with E-state index in [1.165, 1.54) is 0 Å². The van der Waals surface area contributed by atoms with E-state index < -0.39 is 5.60 Å². The molecule has 22 heavy (non-hydrogen) atoms. The van der Waals surface area contributed by atoms with Gasteiger partial charge in [-0.05, 0) is 45.1 Å². The monoisotopic (exact) mass is 301 g/mol. The van der Waals surface area contributed by atoms with E-state index in [2.05, 4.69) is 31.2 Å². The quantitative estimate of drug-likeness (QED) is 0.752. The second kappa shape index (κ2) is 6.99. The summed E-state index contributed by atoms with van der Waals surface area (Å²) in [6.07, 6.45) is 6.20. The Balaban J connectivity index is 2.20. The molecule has 1 amide bonds. The second-order valence-electron chi connectivity index (χ2n) is 7.03. The summed E-state index contributed by atoms with van der Waals surface area (Å²) in [5.74, 6) is 0.352. The van der Waals surface area contributed by atoms with Gasteiger partial charge in [0.2, 0.25) is 0 Å². The Kier molecular flexibility index (Phi) is 5.28. The molecule has 0 unspecified atom stereocenters. The zero-order valence-corrected chi connectivity index (χ0v) is 14.1. The van der Waals surface area contributed by atoms with Crippen molar-refractivity contribution in [3.05, 3.63) is 48.0 Å². The summed E-state index contributed by atoms with van der Waals surface area (Å²) in [6.45, 7) is 8.50. The highest BCUT2D eigenvalue weighted by Crippen LogP contribution is 2.26. The van der Waals surface area contributed by atoms with Crippen LogP contribution in [0.3, 0.4) is 0 Å². The van der Waals surface area contributed by atoms with Crippen molar-refractivity contribution in [3.8, 4) is 0 Å². The van der Waals surface area contributed by atoms with Gasteiger partial charge in [0.1, 0.15) is 5.60 Å². The predicted octanol–water partition coefficient (Wildman–Crippen LogP) is 4.78. The molecule has 0 radical (unpaired) electrons. The summed E-state index contributed by atoms with van der Waals surface area (Å²) in [4.78, 5) is 14.6. The van der Waals surface area contributed by atoms with Crippen LogP contribution in [0.25, 0.3) is 0 Å². The normalized spacial score (nSPS) is 21.5. The highest BCUT2D eigenvalue weighted by Gasteiger charge is 2.31. The lowest BCUT2D eigenvalue weighted by atomic mass is 9.90. The summed E-state index contributed by atoms with van der Waals surface area (Å²) in [5.41, 5.74) is 0.662. The minimum atomic E-state index is -0.472. The fourth-order valence-electron chi connectivity index (χ4n) is 2.83. The third kappa shape index (κ3) is 4.62. The van der Waals surface area contributed by atoms with E-state index in [1.807, 2.05) is 43.9 Å². The topological polar surface area (TPSA) is 29.5 Å². The Labute approximate surface area is 134 Å². The molecule has 2 atom stereocenters. The predicted molar refractivity (Wildman–Crippen MR) is 89.5 cm³/mol. The smallest absolute Gasteiger partial charge is 0.410 e. The minimum absolute atomic E-state index is 0.194. The molecule has 0 fully saturated rings. The van der Waals surface area contributed by atoms with Gasteiger partial charge in [0.15, 0.2) is 0 Å². The van der Waals surface area contributed by atoms with Crippen LogP contribution in [-0.2, 0) is 11.3 Å². The number of hydrogen-bond acceptors (Lipinski definition) is 2.